The largest absolute Gasteiger partial charge is 0.524 e. The van der Waals surface area contributed by atoms with Gasteiger partial charge in [-0.2, -0.15) is 31.8 Å². The summed E-state index contributed by atoms with van der Waals surface area (Å²) in [5.41, 5.74) is -5.43. The van der Waals surface area contributed by atoms with Crippen LogP contribution >= 0.6 is 10.0 Å². The van der Waals surface area contributed by atoms with Gasteiger partial charge >= 0.3 is 28.9 Å². The third kappa shape index (κ3) is 8.31. The Kier molecular flexibility index (Phi) is 9.18. The molecule has 4 nitrogen and oxygen atoms in total. The van der Waals surface area contributed by atoms with E-state index in [1.165, 1.54) is 10.6 Å². The van der Waals surface area contributed by atoms with E-state index in [0.29, 0.717) is 0 Å². The highest BCUT2D eigenvalue weighted by Gasteiger charge is 2.47. The third-order valence-electron chi connectivity index (χ3n) is 1.30. The fraction of sp³-hybridized carbons (Fsp3) is 1.00. The predicted octanol–water partition coefficient (Wildman–Crippen LogP) is 1.98. The molecule has 0 aliphatic rings. The molecule has 0 spiro atoms. The highest BCUT2D eigenvalue weighted by molar-refractivity contribution is 7.87. The molecular formula is C5H12AlClF3NO3S. The van der Waals surface area contributed by atoms with Crippen LogP contribution in [0.2, 0.25) is 10.6 Å². The molecule has 0 aliphatic heterocycles. The standard InChI is InChI=1S/2C2H5.CH2F3NO3S.Al.ClH/c2*1-2;2-1(3,4)9(6,7)8-5;;/h2*1H2,2H3;5H2;;1H/q;;;+1;/p-1. The fourth-order valence-corrected chi connectivity index (χ4v) is 1.03. The Bertz CT molecular complexity index is 255. The number of rotatable bonds is 3. The summed E-state index contributed by atoms with van der Waals surface area (Å²) < 4.78 is 54.9. The zero-order chi connectivity index (χ0) is 12.7. The molecule has 0 amide bonds. The van der Waals surface area contributed by atoms with Gasteiger partial charge in [0.15, 0.2) is 0 Å². The molecule has 0 aliphatic carbocycles. The second-order valence-electron chi connectivity index (χ2n) is 2.41. The molecule has 0 aromatic heterocycles. The fourth-order valence-electron chi connectivity index (χ4n) is 0.343. The molecule has 0 aromatic carbocycles. The Morgan fingerprint density at radius 3 is 1.67 bits per heavy atom. The zero-order valence-corrected chi connectivity index (χ0v) is 10.9. The lowest BCUT2D eigenvalue weighted by Crippen LogP contribution is -2.27. The van der Waals surface area contributed by atoms with Crippen LogP contribution in [0.3, 0.4) is 0 Å². The number of halogens is 4. The average Bonchev–Trinajstić information content (AvgIpc) is 2.15. The van der Waals surface area contributed by atoms with E-state index >= 15 is 0 Å². The van der Waals surface area contributed by atoms with E-state index in [1.54, 1.807) is 0 Å². The van der Waals surface area contributed by atoms with Crippen LogP contribution in [0.4, 0.5) is 13.2 Å². The normalized spacial score (nSPS) is 11.7. The van der Waals surface area contributed by atoms with Gasteiger partial charge in [0.1, 0.15) is 0 Å². The van der Waals surface area contributed by atoms with Crippen molar-refractivity contribution in [2.45, 2.75) is 29.9 Å². The molecule has 0 saturated carbocycles. The Labute approximate surface area is 95.2 Å². The summed E-state index contributed by atoms with van der Waals surface area (Å²) in [6.07, 6.45) is 0. The quantitative estimate of drug-likeness (QED) is 0.489. The first kappa shape index (κ1) is 17.9. The van der Waals surface area contributed by atoms with E-state index < -0.39 is 28.9 Å². The topological polar surface area (TPSA) is 69.4 Å². The summed E-state index contributed by atoms with van der Waals surface area (Å²) in [4.78, 5) is 0. The molecule has 0 fully saturated rings. The minimum absolute atomic E-state index is 0.688. The van der Waals surface area contributed by atoms with Gasteiger partial charge in [-0.05, 0) is 0 Å². The van der Waals surface area contributed by atoms with Crippen molar-refractivity contribution in [3.8, 4) is 0 Å². The Hall–Kier alpha value is 0.482. The Morgan fingerprint density at radius 2 is 1.67 bits per heavy atom. The van der Waals surface area contributed by atoms with Crippen LogP contribution in [0.1, 0.15) is 13.8 Å². The Balaban J connectivity index is 0. The summed E-state index contributed by atoms with van der Waals surface area (Å²) in [5.74, 6) is 3.78. The van der Waals surface area contributed by atoms with E-state index in [1.807, 2.05) is 0 Å². The highest BCUT2D eigenvalue weighted by Crippen LogP contribution is 2.22. The van der Waals surface area contributed by atoms with E-state index in [2.05, 4.69) is 24.0 Å². The van der Waals surface area contributed by atoms with E-state index in [4.69, 9.17) is 10.0 Å². The molecule has 15 heavy (non-hydrogen) atoms. The zero-order valence-electron chi connectivity index (χ0n) is 8.21. The number of nitrogens with two attached hydrogens (primary N) is 1. The summed E-state index contributed by atoms with van der Waals surface area (Å²) in [7, 11) is 0.231. The first-order valence-electron chi connectivity index (χ1n) is 3.96. The van der Waals surface area contributed by atoms with Crippen LogP contribution in [-0.4, -0.2) is 27.2 Å². The van der Waals surface area contributed by atoms with Gasteiger partial charge in [-0.1, -0.05) is 24.4 Å². The molecule has 0 atom stereocenters. The van der Waals surface area contributed by atoms with Crippen molar-refractivity contribution in [2.24, 2.45) is 5.90 Å². The molecular weight excluding hydrogens is 274 g/mol. The van der Waals surface area contributed by atoms with Gasteiger partial charge < -0.3 is 0 Å². The van der Waals surface area contributed by atoms with Gasteiger partial charge in [0.25, 0.3) is 0 Å². The number of alkyl halides is 3. The highest BCUT2D eigenvalue weighted by atomic mass is 35.6. The lowest BCUT2D eigenvalue weighted by Gasteiger charge is -2.01. The SMILES string of the molecule is C[CH2][Al]([Cl])[CH2]C.NOS(=O)(=O)C(F)(F)F. The van der Waals surface area contributed by atoms with Crippen LogP contribution < -0.4 is 5.90 Å². The van der Waals surface area contributed by atoms with Gasteiger partial charge in [0, 0.05) is 0 Å². The predicted molar refractivity (Wildman–Crippen MR) is 52.8 cm³/mol. The second kappa shape index (κ2) is 7.71. The Morgan fingerprint density at radius 1 is 1.33 bits per heavy atom. The lowest BCUT2D eigenvalue weighted by molar-refractivity contribution is -0.0543. The van der Waals surface area contributed by atoms with Crippen LogP contribution in [0.25, 0.3) is 0 Å². The van der Waals surface area contributed by atoms with E-state index in [0.717, 1.165) is 0 Å². The molecule has 0 aromatic rings. The lowest BCUT2D eigenvalue weighted by atomic mass is 10.9. The molecule has 0 radical (unpaired) electrons. The monoisotopic (exact) mass is 285 g/mol. The summed E-state index contributed by atoms with van der Waals surface area (Å²) in [6, 6.07) is 0. The van der Waals surface area contributed by atoms with Gasteiger partial charge in [-0.15, -0.1) is 0 Å². The van der Waals surface area contributed by atoms with Crippen LogP contribution in [-0.2, 0) is 14.4 Å². The van der Waals surface area contributed by atoms with Crippen molar-refractivity contribution in [3.63, 3.8) is 0 Å². The van der Waals surface area contributed by atoms with Gasteiger partial charge in [-0.25, -0.2) is 0 Å². The van der Waals surface area contributed by atoms with Crippen molar-refractivity contribution in [1.29, 1.82) is 0 Å². The first-order chi connectivity index (χ1) is 6.62. The summed E-state index contributed by atoms with van der Waals surface area (Å²) in [5, 5.41) is 2.47. The molecule has 0 bridgehead atoms. The van der Waals surface area contributed by atoms with Crippen LogP contribution in [0.15, 0.2) is 0 Å². The van der Waals surface area contributed by atoms with E-state index in [9.17, 15) is 21.6 Å². The molecule has 92 valence electrons. The number of hydrogen-bond acceptors (Lipinski definition) is 4. The van der Waals surface area contributed by atoms with Gasteiger partial charge in [-0.3, -0.25) is 10.0 Å². The van der Waals surface area contributed by atoms with Crippen molar-refractivity contribution < 1.29 is 25.9 Å². The van der Waals surface area contributed by atoms with Crippen molar-refractivity contribution in [1.82, 2.24) is 0 Å². The van der Waals surface area contributed by atoms with Gasteiger partial charge in [0.2, 0.25) is 0 Å². The molecule has 0 unspecified atom stereocenters. The molecule has 10 heteroatoms. The maximum absolute atomic E-state index is 11.0. The maximum atomic E-state index is 11.0. The average molecular weight is 286 g/mol. The summed E-state index contributed by atoms with van der Waals surface area (Å²) in [6.45, 7) is 4.32. The summed E-state index contributed by atoms with van der Waals surface area (Å²) >= 11 is -0.688. The third-order valence-corrected chi connectivity index (χ3v) is 5.74. The molecule has 0 heterocycles. The molecule has 2 N–H and O–H groups in total. The second-order valence-corrected chi connectivity index (χ2v) is 8.65. The van der Waals surface area contributed by atoms with Crippen LogP contribution in [0, 0.1) is 0 Å². The van der Waals surface area contributed by atoms with Crippen molar-refractivity contribution in [2.75, 3.05) is 0 Å². The number of hydrogen-bond donors (Lipinski definition) is 1. The van der Waals surface area contributed by atoms with Crippen molar-refractivity contribution >= 4 is 33.4 Å². The van der Waals surface area contributed by atoms with Crippen molar-refractivity contribution in [3.05, 3.63) is 0 Å². The smallest absolute Gasteiger partial charge is 0.261 e. The minimum atomic E-state index is -5.56. The maximum Gasteiger partial charge on any atom is 0.524 e. The van der Waals surface area contributed by atoms with E-state index in [-0.39, 0.29) is 0 Å². The molecule has 0 rings (SSSR count). The minimum Gasteiger partial charge on any atom is -0.261 e. The van der Waals surface area contributed by atoms with Crippen LogP contribution in [0.5, 0.6) is 0 Å². The molecule has 0 saturated heterocycles. The first-order valence-corrected chi connectivity index (χ1v) is 8.74. The van der Waals surface area contributed by atoms with Gasteiger partial charge in [0.05, 0.1) is 0 Å².